The van der Waals surface area contributed by atoms with Gasteiger partial charge in [-0.3, -0.25) is 4.79 Å². The molecule has 25 heavy (non-hydrogen) atoms. The van der Waals surface area contributed by atoms with E-state index in [0.29, 0.717) is 5.69 Å². The molecule has 6 nitrogen and oxygen atoms in total. The van der Waals surface area contributed by atoms with Crippen molar-refractivity contribution in [2.75, 3.05) is 6.61 Å². The Labute approximate surface area is 146 Å². The third-order valence-corrected chi connectivity index (χ3v) is 4.46. The van der Waals surface area contributed by atoms with E-state index in [2.05, 4.69) is 4.98 Å². The molecule has 132 valence electrons. The Morgan fingerprint density at radius 2 is 2.04 bits per heavy atom. The Bertz CT molecular complexity index is 722. The van der Waals surface area contributed by atoms with Gasteiger partial charge in [0, 0.05) is 0 Å². The topological polar surface area (TPSA) is 70.4 Å². The fourth-order valence-corrected chi connectivity index (χ4v) is 2.70. The number of carbonyl (C=O) groups excluding carboxylic acids is 2. The molecule has 1 fully saturated rings. The van der Waals surface area contributed by atoms with Crippen LogP contribution in [-0.2, 0) is 14.3 Å². The summed E-state index contributed by atoms with van der Waals surface area (Å²) in [4.78, 5) is 28.0. The number of carbonyl (C=O) groups is 2. The largest absolute Gasteiger partial charge is 0.462 e. The van der Waals surface area contributed by atoms with Crippen LogP contribution in [0.4, 0.5) is 0 Å². The van der Waals surface area contributed by atoms with Crippen molar-refractivity contribution in [2.24, 2.45) is 0 Å². The van der Waals surface area contributed by atoms with Crippen LogP contribution in [0.3, 0.4) is 0 Å². The van der Waals surface area contributed by atoms with Gasteiger partial charge in [-0.2, -0.15) is 0 Å². The predicted molar refractivity (Wildman–Crippen MR) is 91.1 cm³/mol. The highest BCUT2D eigenvalue weighted by Crippen LogP contribution is 2.22. The molecule has 0 bridgehead atoms. The monoisotopic (exact) mass is 342 g/mol. The van der Waals surface area contributed by atoms with Crippen molar-refractivity contribution < 1.29 is 19.1 Å². The Morgan fingerprint density at radius 3 is 2.72 bits per heavy atom. The van der Waals surface area contributed by atoms with Crippen molar-refractivity contribution in [3.8, 4) is 0 Å². The van der Waals surface area contributed by atoms with E-state index < -0.39 is 5.97 Å². The summed E-state index contributed by atoms with van der Waals surface area (Å²) in [5.41, 5.74) is 1.43. The van der Waals surface area contributed by atoms with Gasteiger partial charge in [0.15, 0.2) is 0 Å². The van der Waals surface area contributed by atoms with Gasteiger partial charge in [0.1, 0.15) is 18.4 Å². The van der Waals surface area contributed by atoms with Gasteiger partial charge in [-0.25, -0.2) is 9.78 Å². The van der Waals surface area contributed by atoms with Crippen LogP contribution in [0.25, 0.3) is 0 Å². The molecule has 1 heterocycles. The number of ether oxygens (including phenoxy) is 2. The number of benzene rings is 1. The minimum absolute atomic E-state index is 0.00921. The van der Waals surface area contributed by atoms with E-state index in [9.17, 15) is 9.59 Å². The molecule has 0 aliphatic heterocycles. The Hall–Kier alpha value is -2.63. The second kappa shape index (κ2) is 7.96. The van der Waals surface area contributed by atoms with Crippen LogP contribution < -0.4 is 0 Å². The van der Waals surface area contributed by atoms with E-state index in [-0.39, 0.29) is 31.1 Å². The van der Waals surface area contributed by atoms with E-state index in [1.54, 1.807) is 10.9 Å². The summed E-state index contributed by atoms with van der Waals surface area (Å²) in [7, 11) is 0. The second-order valence-corrected chi connectivity index (χ2v) is 6.20. The molecule has 0 saturated heterocycles. The van der Waals surface area contributed by atoms with Gasteiger partial charge in [-0.1, -0.05) is 30.3 Å². The van der Waals surface area contributed by atoms with Crippen LogP contribution >= 0.6 is 0 Å². The van der Waals surface area contributed by atoms with Crippen LogP contribution in [0.5, 0.6) is 0 Å². The fraction of sp³-hybridized carbons (Fsp3) is 0.421. The average molecular weight is 342 g/mol. The highest BCUT2D eigenvalue weighted by Gasteiger charge is 2.22. The highest BCUT2D eigenvalue weighted by molar-refractivity contribution is 5.87. The maximum absolute atomic E-state index is 12.3. The molecule has 1 aliphatic rings. The molecule has 0 N–H and O–H groups in total. The molecule has 0 spiro atoms. The number of rotatable bonds is 7. The van der Waals surface area contributed by atoms with E-state index in [1.165, 1.54) is 6.20 Å². The lowest BCUT2D eigenvalue weighted by Crippen LogP contribution is -2.26. The molecule has 1 saturated carbocycles. The van der Waals surface area contributed by atoms with Crippen molar-refractivity contribution in [1.29, 1.82) is 0 Å². The van der Waals surface area contributed by atoms with Gasteiger partial charge >= 0.3 is 11.9 Å². The number of hydrogen-bond acceptors (Lipinski definition) is 5. The summed E-state index contributed by atoms with van der Waals surface area (Å²) >= 11 is 0. The molecule has 3 rings (SSSR count). The summed E-state index contributed by atoms with van der Waals surface area (Å²) in [6.07, 6.45) is 6.19. The molecule has 1 aliphatic carbocycles. The zero-order valence-electron chi connectivity index (χ0n) is 14.3. The van der Waals surface area contributed by atoms with Crippen LogP contribution in [0.2, 0.25) is 0 Å². The minimum atomic E-state index is -0.489. The molecule has 0 unspecified atom stereocenters. The predicted octanol–water partition coefficient (Wildman–Crippen LogP) is 3.14. The fourth-order valence-electron chi connectivity index (χ4n) is 2.70. The summed E-state index contributed by atoms with van der Waals surface area (Å²) in [6.45, 7) is 2.00. The smallest absolute Gasteiger partial charge is 0.356 e. The van der Waals surface area contributed by atoms with E-state index in [1.807, 2.05) is 37.3 Å². The Balaban J connectivity index is 1.54. The lowest BCUT2D eigenvalue weighted by Gasteiger charge is -2.25. The van der Waals surface area contributed by atoms with Crippen molar-refractivity contribution in [3.05, 3.63) is 54.1 Å². The van der Waals surface area contributed by atoms with Crippen LogP contribution in [-0.4, -0.2) is 34.2 Å². The van der Waals surface area contributed by atoms with Crippen molar-refractivity contribution in [3.63, 3.8) is 0 Å². The maximum Gasteiger partial charge on any atom is 0.356 e. The van der Waals surface area contributed by atoms with Gasteiger partial charge < -0.3 is 14.0 Å². The van der Waals surface area contributed by atoms with Gasteiger partial charge in [0.25, 0.3) is 0 Å². The zero-order chi connectivity index (χ0) is 17.6. The molecule has 1 atom stereocenters. The Kier molecular flexibility index (Phi) is 5.48. The van der Waals surface area contributed by atoms with Crippen LogP contribution in [0, 0.1) is 0 Å². The number of nitrogens with zero attached hydrogens (tertiary/aromatic N) is 2. The molecule has 2 aromatic rings. The molecular weight excluding hydrogens is 320 g/mol. The van der Waals surface area contributed by atoms with Crippen molar-refractivity contribution >= 4 is 11.9 Å². The molecule has 0 radical (unpaired) electrons. The standard InChI is InChI=1S/C19H22N2O4/c1-14(15-6-3-2-4-7-15)21-13-20-12-17(21)19(23)24-11-10-18(22)25-16-8-5-9-16/h2-4,6-7,12-14,16H,5,8-11H2,1H3/t14-/m1/s1. The van der Waals surface area contributed by atoms with Gasteiger partial charge in [0.05, 0.1) is 25.0 Å². The number of aromatic nitrogens is 2. The van der Waals surface area contributed by atoms with Crippen LogP contribution in [0.15, 0.2) is 42.9 Å². The molecule has 0 amide bonds. The first kappa shape index (κ1) is 17.2. The third kappa shape index (κ3) is 4.26. The lowest BCUT2D eigenvalue weighted by molar-refractivity contribution is -0.153. The first-order chi connectivity index (χ1) is 12.1. The van der Waals surface area contributed by atoms with E-state index in [4.69, 9.17) is 9.47 Å². The van der Waals surface area contributed by atoms with Gasteiger partial charge in [-0.15, -0.1) is 0 Å². The van der Waals surface area contributed by atoms with Crippen molar-refractivity contribution in [2.45, 2.75) is 44.8 Å². The SMILES string of the molecule is C[C@H](c1ccccc1)n1cncc1C(=O)OCCC(=O)OC1CCC1. The van der Waals surface area contributed by atoms with Gasteiger partial charge in [-0.05, 0) is 31.7 Å². The normalized spacial score (nSPS) is 15.2. The second-order valence-electron chi connectivity index (χ2n) is 6.20. The summed E-state index contributed by atoms with van der Waals surface area (Å²) in [6, 6.07) is 9.80. The Morgan fingerprint density at radius 1 is 1.28 bits per heavy atom. The highest BCUT2D eigenvalue weighted by atomic mass is 16.6. The van der Waals surface area contributed by atoms with Gasteiger partial charge in [0.2, 0.25) is 0 Å². The molecule has 6 heteroatoms. The lowest BCUT2D eigenvalue weighted by atomic mass is 9.96. The van der Waals surface area contributed by atoms with E-state index >= 15 is 0 Å². The summed E-state index contributed by atoms with van der Waals surface area (Å²) in [5.74, 6) is -0.805. The van der Waals surface area contributed by atoms with Crippen LogP contribution in [0.1, 0.15) is 54.7 Å². The molecular formula is C19H22N2O4. The number of esters is 2. The summed E-state index contributed by atoms with van der Waals surface area (Å²) in [5, 5.41) is 0. The molecule has 1 aromatic heterocycles. The average Bonchev–Trinajstić information content (AvgIpc) is 3.08. The first-order valence-corrected chi connectivity index (χ1v) is 8.58. The number of imidazole rings is 1. The molecule has 1 aromatic carbocycles. The zero-order valence-corrected chi connectivity index (χ0v) is 14.3. The quantitative estimate of drug-likeness (QED) is 0.723. The minimum Gasteiger partial charge on any atom is -0.462 e. The first-order valence-electron chi connectivity index (χ1n) is 8.58. The third-order valence-electron chi connectivity index (χ3n) is 4.46. The number of hydrogen-bond donors (Lipinski definition) is 0. The van der Waals surface area contributed by atoms with Crippen molar-refractivity contribution in [1.82, 2.24) is 9.55 Å². The maximum atomic E-state index is 12.3. The summed E-state index contributed by atoms with van der Waals surface area (Å²) < 4.78 is 12.2. The van der Waals surface area contributed by atoms with E-state index in [0.717, 1.165) is 24.8 Å².